The number of rotatable bonds is 2. The van der Waals surface area contributed by atoms with Gasteiger partial charge in [-0.25, -0.2) is 0 Å². The highest BCUT2D eigenvalue weighted by Crippen LogP contribution is 2.36. The Bertz CT molecular complexity index is 682. The second kappa shape index (κ2) is 6.58. The molecular formula is C19H24N2O4. The van der Waals surface area contributed by atoms with Gasteiger partial charge in [0.1, 0.15) is 13.2 Å². The first-order valence-electron chi connectivity index (χ1n) is 9.10. The average Bonchev–Trinajstić information content (AvgIpc) is 3.03. The minimum Gasteiger partial charge on any atom is -0.486 e. The molecule has 0 N–H and O–H groups in total. The summed E-state index contributed by atoms with van der Waals surface area (Å²) in [7, 11) is 0. The molecule has 134 valence electrons. The van der Waals surface area contributed by atoms with Gasteiger partial charge in [0, 0.05) is 37.8 Å². The zero-order valence-electron chi connectivity index (χ0n) is 14.6. The van der Waals surface area contributed by atoms with Crippen molar-refractivity contribution in [3.8, 4) is 11.5 Å². The van der Waals surface area contributed by atoms with E-state index in [2.05, 4.69) is 6.92 Å². The van der Waals surface area contributed by atoms with Crippen molar-refractivity contribution in [3.63, 3.8) is 0 Å². The highest BCUT2D eigenvalue weighted by molar-refractivity contribution is 6.00. The van der Waals surface area contributed by atoms with E-state index in [0.29, 0.717) is 43.6 Å². The zero-order chi connectivity index (χ0) is 17.4. The van der Waals surface area contributed by atoms with Gasteiger partial charge in [0.25, 0.3) is 0 Å². The molecule has 2 amide bonds. The van der Waals surface area contributed by atoms with Gasteiger partial charge in [0.05, 0.1) is 5.92 Å². The van der Waals surface area contributed by atoms with E-state index in [1.165, 1.54) is 0 Å². The molecule has 3 aliphatic heterocycles. The zero-order valence-corrected chi connectivity index (χ0v) is 14.6. The Kier molecular flexibility index (Phi) is 4.27. The summed E-state index contributed by atoms with van der Waals surface area (Å²) in [5, 5.41) is 0. The van der Waals surface area contributed by atoms with Crippen LogP contribution in [0.2, 0.25) is 0 Å². The first-order chi connectivity index (χ1) is 12.1. The molecule has 2 saturated heterocycles. The molecule has 6 nitrogen and oxygen atoms in total. The van der Waals surface area contributed by atoms with Crippen LogP contribution in [-0.4, -0.2) is 49.6 Å². The Morgan fingerprint density at radius 2 is 1.84 bits per heavy atom. The highest BCUT2D eigenvalue weighted by Gasteiger charge is 2.38. The number of carbonyl (C=O) groups is 2. The van der Waals surface area contributed by atoms with E-state index in [1.54, 1.807) is 4.90 Å². The maximum atomic E-state index is 12.8. The van der Waals surface area contributed by atoms with Crippen LogP contribution < -0.4 is 14.4 Å². The largest absolute Gasteiger partial charge is 0.486 e. The molecule has 2 fully saturated rings. The van der Waals surface area contributed by atoms with Gasteiger partial charge in [0.2, 0.25) is 11.8 Å². The first kappa shape index (κ1) is 16.2. The summed E-state index contributed by atoms with van der Waals surface area (Å²) < 4.78 is 11.1. The van der Waals surface area contributed by atoms with Crippen LogP contribution in [0.3, 0.4) is 0 Å². The molecule has 1 aromatic rings. The number of piperidine rings is 1. The van der Waals surface area contributed by atoms with E-state index in [4.69, 9.17) is 9.47 Å². The number of benzene rings is 1. The van der Waals surface area contributed by atoms with Crippen LogP contribution in [0.4, 0.5) is 5.69 Å². The molecule has 1 unspecified atom stereocenters. The van der Waals surface area contributed by atoms with Gasteiger partial charge >= 0.3 is 0 Å². The predicted molar refractivity (Wildman–Crippen MR) is 92.9 cm³/mol. The SMILES string of the molecule is CC1CCN(C(=O)C2CC(=O)N(c3ccc4c(c3)OCCO4)C2)CC1. The molecule has 0 bridgehead atoms. The Balaban J connectivity index is 1.46. The van der Waals surface area contributed by atoms with Crippen LogP contribution >= 0.6 is 0 Å². The molecule has 0 aliphatic carbocycles. The maximum Gasteiger partial charge on any atom is 0.228 e. The van der Waals surface area contributed by atoms with Crippen molar-refractivity contribution in [2.75, 3.05) is 37.7 Å². The lowest BCUT2D eigenvalue weighted by Crippen LogP contribution is -2.42. The topological polar surface area (TPSA) is 59.1 Å². The van der Waals surface area contributed by atoms with Crippen molar-refractivity contribution >= 4 is 17.5 Å². The lowest BCUT2D eigenvalue weighted by molar-refractivity contribution is -0.137. The highest BCUT2D eigenvalue weighted by atomic mass is 16.6. The summed E-state index contributed by atoms with van der Waals surface area (Å²) in [6.07, 6.45) is 2.40. The molecule has 6 heteroatoms. The van der Waals surface area contributed by atoms with E-state index >= 15 is 0 Å². The molecule has 0 saturated carbocycles. The number of amides is 2. The number of carbonyl (C=O) groups excluding carboxylic acids is 2. The molecular weight excluding hydrogens is 320 g/mol. The van der Waals surface area contributed by atoms with Crippen molar-refractivity contribution in [1.82, 2.24) is 4.90 Å². The number of fused-ring (bicyclic) bond motifs is 1. The van der Waals surface area contributed by atoms with Crippen molar-refractivity contribution in [2.24, 2.45) is 11.8 Å². The van der Waals surface area contributed by atoms with E-state index in [1.807, 2.05) is 23.1 Å². The smallest absolute Gasteiger partial charge is 0.228 e. The lowest BCUT2D eigenvalue weighted by Gasteiger charge is -2.32. The summed E-state index contributed by atoms with van der Waals surface area (Å²) >= 11 is 0. The molecule has 0 radical (unpaired) electrons. The molecule has 3 aliphatic rings. The normalized spacial score (nSPS) is 23.9. The summed E-state index contributed by atoms with van der Waals surface area (Å²) in [5.74, 6) is 1.94. The Hall–Kier alpha value is -2.24. The van der Waals surface area contributed by atoms with Crippen molar-refractivity contribution in [3.05, 3.63) is 18.2 Å². The number of ether oxygens (including phenoxy) is 2. The Morgan fingerprint density at radius 1 is 1.12 bits per heavy atom. The third kappa shape index (κ3) is 3.17. The quantitative estimate of drug-likeness (QED) is 0.824. The minimum atomic E-state index is -0.242. The van der Waals surface area contributed by atoms with Crippen LogP contribution in [0.5, 0.6) is 11.5 Å². The fraction of sp³-hybridized carbons (Fsp3) is 0.579. The third-order valence-electron chi connectivity index (χ3n) is 5.41. The number of anilines is 1. The van der Waals surface area contributed by atoms with Gasteiger partial charge in [0.15, 0.2) is 11.5 Å². The van der Waals surface area contributed by atoms with Gasteiger partial charge in [-0.2, -0.15) is 0 Å². The average molecular weight is 344 g/mol. The van der Waals surface area contributed by atoms with Crippen LogP contribution in [0.25, 0.3) is 0 Å². The summed E-state index contributed by atoms with van der Waals surface area (Å²) in [5.41, 5.74) is 0.775. The van der Waals surface area contributed by atoms with Crippen molar-refractivity contribution in [1.29, 1.82) is 0 Å². The number of nitrogens with zero attached hydrogens (tertiary/aromatic N) is 2. The Morgan fingerprint density at radius 3 is 2.60 bits per heavy atom. The standard InChI is InChI=1S/C19H24N2O4/c1-13-4-6-20(7-5-13)19(23)14-10-18(22)21(12-14)15-2-3-16-17(11-15)25-9-8-24-16/h2-3,11,13-14H,4-10,12H2,1H3. The molecule has 0 spiro atoms. The predicted octanol–water partition coefficient (Wildman–Crippen LogP) is 2.07. The third-order valence-corrected chi connectivity index (χ3v) is 5.41. The molecule has 25 heavy (non-hydrogen) atoms. The molecule has 0 aromatic heterocycles. The van der Waals surface area contributed by atoms with E-state index < -0.39 is 0 Å². The van der Waals surface area contributed by atoms with Crippen LogP contribution in [0, 0.1) is 11.8 Å². The number of likely N-dealkylation sites (tertiary alicyclic amines) is 1. The number of hydrogen-bond acceptors (Lipinski definition) is 4. The van der Waals surface area contributed by atoms with Crippen molar-refractivity contribution in [2.45, 2.75) is 26.2 Å². The fourth-order valence-electron chi connectivity index (χ4n) is 3.81. The van der Waals surface area contributed by atoms with Crippen LogP contribution in [0.15, 0.2) is 18.2 Å². The first-order valence-corrected chi connectivity index (χ1v) is 9.10. The second-order valence-electron chi connectivity index (χ2n) is 7.24. The minimum absolute atomic E-state index is 0.000375. The Labute approximate surface area is 147 Å². The van der Waals surface area contributed by atoms with Gasteiger partial charge < -0.3 is 19.3 Å². The fourth-order valence-corrected chi connectivity index (χ4v) is 3.81. The summed E-state index contributed by atoms with van der Waals surface area (Å²) in [6, 6.07) is 5.53. The maximum absolute atomic E-state index is 12.8. The summed E-state index contributed by atoms with van der Waals surface area (Å²) in [4.78, 5) is 28.9. The number of hydrogen-bond donors (Lipinski definition) is 0. The molecule has 1 atom stereocenters. The molecule has 4 rings (SSSR count). The van der Waals surface area contributed by atoms with Gasteiger partial charge in [-0.15, -0.1) is 0 Å². The van der Waals surface area contributed by atoms with Crippen LogP contribution in [0.1, 0.15) is 26.2 Å². The van der Waals surface area contributed by atoms with E-state index in [0.717, 1.165) is 31.6 Å². The van der Waals surface area contributed by atoms with Gasteiger partial charge in [-0.3, -0.25) is 9.59 Å². The molecule has 1 aromatic carbocycles. The van der Waals surface area contributed by atoms with Gasteiger partial charge in [-0.1, -0.05) is 6.92 Å². The van der Waals surface area contributed by atoms with Crippen LogP contribution in [-0.2, 0) is 9.59 Å². The summed E-state index contributed by atoms with van der Waals surface area (Å²) in [6.45, 7) is 5.36. The molecule has 3 heterocycles. The van der Waals surface area contributed by atoms with E-state index in [-0.39, 0.29) is 17.7 Å². The van der Waals surface area contributed by atoms with Crippen molar-refractivity contribution < 1.29 is 19.1 Å². The van der Waals surface area contributed by atoms with Gasteiger partial charge in [-0.05, 0) is 30.9 Å². The monoisotopic (exact) mass is 344 g/mol. The van der Waals surface area contributed by atoms with E-state index in [9.17, 15) is 9.59 Å². The lowest BCUT2D eigenvalue weighted by atomic mass is 9.97. The second-order valence-corrected chi connectivity index (χ2v) is 7.24.